The predicted octanol–water partition coefficient (Wildman–Crippen LogP) is 1.86. The SMILES string of the molecule is Cc1ccnc(NCc2nc(CO)cs2)c1[N+](=O)[O-]. The normalized spacial score (nSPS) is 10.4. The molecule has 0 spiro atoms. The molecule has 2 N–H and O–H groups in total. The quantitative estimate of drug-likeness (QED) is 0.640. The number of nitrogens with zero attached hydrogens (tertiary/aromatic N) is 3. The van der Waals surface area contributed by atoms with Crippen LogP contribution in [0.15, 0.2) is 17.6 Å². The molecule has 100 valence electrons. The molecule has 19 heavy (non-hydrogen) atoms. The lowest BCUT2D eigenvalue weighted by Gasteiger charge is -2.05. The Morgan fingerprint density at radius 3 is 3.00 bits per heavy atom. The molecule has 0 aromatic carbocycles. The minimum atomic E-state index is -0.453. The Morgan fingerprint density at radius 1 is 1.58 bits per heavy atom. The number of nitro groups is 1. The van der Waals surface area contributed by atoms with Crippen molar-refractivity contribution in [2.75, 3.05) is 5.32 Å². The lowest BCUT2D eigenvalue weighted by atomic mass is 10.2. The van der Waals surface area contributed by atoms with Crippen LogP contribution in [0, 0.1) is 17.0 Å². The third kappa shape index (κ3) is 3.04. The van der Waals surface area contributed by atoms with E-state index >= 15 is 0 Å². The maximum Gasteiger partial charge on any atom is 0.314 e. The van der Waals surface area contributed by atoms with Gasteiger partial charge in [-0.2, -0.15) is 0 Å². The fourth-order valence-electron chi connectivity index (χ4n) is 1.57. The number of nitrogens with one attached hydrogen (secondary N) is 1. The fourth-order valence-corrected chi connectivity index (χ4v) is 2.30. The number of aryl methyl sites for hydroxylation is 1. The van der Waals surface area contributed by atoms with Crippen LogP contribution in [0.3, 0.4) is 0 Å². The van der Waals surface area contributed by atoms with Gasteiger partial charge in [0.25, 0.3) is 0 Å². The third-order valence-electron chi connectivity index (χ3n) is 2.48. The minimum absolute atomic E-state index is 0.0264. The summed E-state index contributed by atoms with van der Waals surface area (Å²) in [6.07, 6.45) is 1.52. The molecule has 0 saturated carbocycles. The zero-order valence-corrected chi connectivity index (χ0v) is 11.0. The van der Waals surface area contributed by atoms with Crippen LogP contribution in [-0.2, 0) is 13.2 Å². The number of aromatic nitrogens is 2. The molecular formula is C11H12N4O3S. The molecule has 0 aliphatic heterocycles. The Bertz CT molecular complexity index is 599. The van der Waals surface area contributed by atoms with Gasteiger partial charge in [0.05, 0.1) is 23.8 Å². The Balaban J connectivity index is 2.15. The third-order valence-corrected chi connectivity index (χ3v) is 3.37. The summed E-state index contributed by atoms with van der Waals surface area (Å²) >= 11 is 1.38. The Labute approximate surface area is 113 Å². The number of hydrogen-bond acceptors (Lipinski definition) is 7. The number of anilines is 1. The van der Waals surface area contributed by atoms with Crippen LogP contribution in [0.1, 0.15) is 16.3 Å². The zero-order valence-electron chi connectivity index (χ0n) is 10.2. The summed E-state index contributed by atoms with van der Waals surface area (Å²) in [6.45, 7) is 1.89. The van der Waals surface area contributed by atoms with Crippen LogP contribution in [0.2, 0.25) is 0 Å². The van der Waals surface area contributed by atoms with Gasteiger partial charge in [-0.25, -0.2) is 9.97 Å². The van der Waals surface area contributed by atoms with Crippen LogP contribution in [0.4, 0.5) is 11.5 Å². The summed E-state index contributed by atoms with van der Waals surface area (Å²) in [5.74, 6) is 0.228. The summed E-state index contributed by atoms with van der Waals surface area (Å²) in [5.41, 5.74) is 1.12. The molecule has 0 fully saturated rings. The Kier molecular flexibility index (Phi) is 4.03. The first-order valence-electron chi connectivity index (χ1n) is 5.50. The summed E-state index contributed by atoms with van der Waals surface area (Å²) < 4.78 is 0. The second kappa shape index (κ2) is 5.72. The molecular weight excluding hydrogens is 268 g/mol. The molecule has 8 heteroatoms. The first-order valence-corrected chi connectivity index (χ1v) is 6.37. The molecule has 2 aromatic heterocycles. The highest BCUT2D eigenvalue weighted by atomic mass is 32.1. The van der Waals surface area contributed by atoms with Gasteiger partial charge in [0.1, 0.15) is 5.01 Å². The number of aliphatic hydroxyl groups excluding tert-OH is 1. The van der Waals surface area contributed by atoms with Gasteiger partial charge in [0, 0.05) is 17.1 Å². The predicted molar refractivity (Wildman–Crippen MR) is 71.0 cm³/mol. The highest BCUT2D eigenvalue weighted by molar-refractivity contribution is 7.09. The summed E-state index contributed by atoms with van der Waals surface area (Å²) in [7, 11) is 0. The van der Waals surface area contributed by atoms with E-state index < -0.39 is 4.92 Å². The van der Waals surface area contributed by atoms with Crippen molar-refractivity contribution in [2.45, 2.75) is 20.1 Å². The van der Waals surface area contributed by atoms with Crippen molar-refractivity contribution in [1.82, 2.24) is 9.97 Å². The molecule has 2 heterocycles. The van der Waals surface area contributed by atoms with Crippen molar-refractivity contribution >= 4 is 22.8 Å². The highest BCUT2D eigenvalue weighted by Gasteiger charge is 2.18. The van der Waals surface area contributed by atoms with Gasteiger partial charge in [-0.1, -0.05) is 0 Å². The van der Waals surface area contributed by atoms with Gasteiger partial charge in [0.2, 0.25) is 5.82 Å². The van der Waals surface area contributed by atoms with E-state index in [0.29, 0.717) is 17.8 Å². The molecule has 0 unspecified atom stereocenters. The highest BCUT2D eigenvalue weighted by Crippen LogP contribution is 2.26. The molecule has 2 rings (SSSR count). The van der Waals surface area contributed by atoms with Gasteiger partial charge in [0.15, 0.2) is 0 Å². The Hall–Kier alpha value is -2.06. The van der Waals surface area contributed by atoms with Crippen LogP contribution in [0.5, 0.6) is 0 Å². The van der Waals surface area contributed by atoms with E-state index in [9.17, 15) is 10.1 Å². The van der Waals surface area contributed by atoms with Crippen molar-refractivity contribution in [3.8, 4) is 0 Å². The largest absolute Gasteiger partial charge is 0.390 e. The minimum Gasteiger partial charge on any atom is -0.390 e. The smallest absolute Gasteiger partial charge is 0.314 e. The van der Waals surface area contributed by atoms with Crippen molar-refractivity contribution in [1.29, 1.82) is 0 Å². The van der Waals surface area contributed by atoms with Crippen molar-refractivity contribution in [3.63, 3.8) is 0 Å². The van der Waals surface area contributed by atoms with E-state index in [1.165, 1.54) is 17.5 Å². The van der Waals surface area contributed by atoms with Gasteiger partial charge in [-0.15, -0.1) is 11.3 Å². The van der Waals surface area contributed by atoms with Crippen molar-refractivity contribution in [2.24, 2.45) is 0 Å². The maximum absolute atomic E-state index is 11.0. The molecule has 0 radical (unpaired) electrons. The molecule has 0 amide bonds. The Morgan fingerprint density at radius 2 is 2.37 bits per heavy atom. The van der Waals surface area contributed by atoms with Crippen LogP contribution < -0.4 is 5.32 Å². The lowest BCUT2D eigenvalue weighted by Crippen LogP contribution is -2.05. The number of rotatable bonds is 5. The van der Waals surface area contributed by atoms with E-state index in [4.69, 9.17) is 5.11 Å². The second-order valence-electron chi connectivity index (χ2n) is 3.83. The van der Waals surface area contributed by atoms with Gasteiger partial charge in [-0.05, 0) is 13.0 Å². The van der Waals surface area contributed by atoms with E-state index in [1.54, 1.807) is 18.4 Å². The molecule has 7 nitrogen and oxygen atoms in total. The topological polar surface area (TPSA) is 101 Å². The van der Waals surface area contributed by atoms with Crippen LogP contribution in [-0.4, -0.2) is 20.0 Å². The monoisotopic (exact) mass is 280 g/mol. The maximum atomic E-state index is 11.0. The average molecular weight is 280 g/mol. The number of pyridine rings is 1. The summed E-state index contributed by atoms with van der Waals surface area (Å²) in [6, 6.07) is 1.59. The number of aliphatic hydroxyl groups is 1. The van der Waals surface area contributed by atoms with Gasteiger partial charge < -0.3 is 10.4 Å². The number of hydrogen-bond donors (Lipinski definition) is 2. The molecule has 2 aromatic rings. The molecule has 0 aliphatic carbocycles. The van der Waals surface area contributed by atoms with E-state index in [2.05, 4.69) is 15.3 Å². The first-order chi connectivity index (χ1) is 9.11. The first kappa shape index (κ1) is 13.4. The van der Waals surface area contributed by atoms with Crippen LogP contribution >= 0.6 is 11.3 Å². The van der Waals surface area contributed by atoms with Crippen molar-refractivity contribution in [3.05, 3.63) is 44.0 Å². The lowest BCUT2D eigenvalue weighted by molar-refractivity contribution is -0.384. The van der Waals surface area contributed by atoms with E-state index in [-0.39, 0.29) is 18.1 Å². The molecule has 0 atom stereocenters. The summed E-state index contributed by atoms with van der Waals surface area (Å²) in [4.78, 5) is 18.7. The van der Waals surface area contributed by atoms with Gasteiger partial charge >= 0.3 is 5.69 Å². The molecule has 0 bridgehead atoms. The number of thiazole rings is 1. The standard InChI is InChI=1S/C11H12N4O3S/c1-7-2-3-12-11(10(7)15(17)18)13-4-9-14-8(5-16)6-19-9/h2-3,6,16H,4-5H2,1H3,(H,12,13). The fraction of sp³-hybridized carbons (Fsp3) is 0.273. The zero-order chi connectivity index (χ0) is 13.8. The van der Waals surface area contributed by atoms with Crippen LogP contribution in [0.25, 0.3) is 0 Å². The second-order valence-corrected chi connectivity index (χ2v) is 4.77. The van der Waals surface area contributed by atoms with Gasteiger partial charge in [-0.3, -0.25) is 10.1 Å². The summed E-state index contributed by atoms with van der Waals surface area (Å²) in [5, 5.41) is 25.3. The van der Waals surface area contributed by atoms with E-state index in [0.717, 1.165) is 5.01 Å². The molecule has 0 aliphatic rings. The molecule has 0 saturated heterocycles. The van der Waals surface area contributed by atoms with Crippen molar-refractivity contribution < 1.29 is 10.0 Å². The van der Waals surface area contributed by atoms with E-state index in [1.807, 2.05) is 0 Å². The average Bonchev–Trinajstić information content (AvgIpc) is 2.83.